The molecule has 25 heavy (non-hydrogen) atoms. The number of nitrogens with one attached hydrogen (secondary N) is 2. The Morgan fingerprint density at radius 3 is 2.52 bits per heavy atom. The molecule has 1 aromatic carbocycles. The molecule has 0 saturated heterocycles. The zero-order valence-electron chi connectivity index (χ0n) is 14.5. The molecule has 2 heterocycles. The van der Waals surface area contributed by atoms with E-state index in [4.69, 9.17) is 0 Å². The van der Waals surface area contributed by atoms with Gasteiger partial charge in [0.2, 0.25) is 0 Å². The first-order chi connectivity index (χ1) is 12.3. The van der Waals surface area contributed by atoms with Gasteiger partial charge >= 0.3 is 0 Å². The van der Waals surface area contributed by atoms with E-state index in [1.54, 1.807) is 6.20 Å². The summed E-state index contributed by atoms with van der Waals surface area (Å²) >= 11 is 0. The standard InChI is InChI=1S/C19H24N6/c1-2-20-19(21-11-15-24-12-3-4-13-24)22-16-17-6-8-18(9-7-17)25-14-5-10-23-25/h3-10,12-14H,2,11,15-16H2,1H3,(H2,20,21,22). The summed E-state index contributed by atoms with van der Waals surface area (Å²) in [5, 5.41) is 10.9. The van der Waals surface area contributed by atoms with E-state index in [-0.39, 0.29) is 0 Å². The Hall–Kier alpha value is -3.02. The number of hydrogen-bond donors (Lipinski definition) is 2. The lowest BCUT2D eigenvalue weighted by Crippen LogP contribution is -2.38. The third kappa shape index (κ3) is 4.97. The van der Waals surface area contributed by atoms with E-state index in [1.807, 2.05) is 29.1 Å². The third-order valence-electron chi connectivity index (χ3n) is 3.80. The molecule has 0 atom stereocenters. The second-order valence-electron chi connectivity index (χ2n) is 5.66. The van der Waals surface area contributed by atoms with Crippen LogP contribution >= 0.6 is 0 Å². The molecule has 0 aliphatic rings. The number of aliphatic imine (C=N–C) groups is 1. The van der Waals surface area contributed by atoms with Crippen LogP contribution in [0.25, 0.3) is 5.69 Å². The lowest BCUT2D eigenvalue weighted by molar-refractivity contribution is 0.666. The summed E-state index contributed by atoms with van der Waals surface area (Å²) in [4.78, 5) is 4.66. The molecule has 3 rings (SSSR count). The van der Waals surface area contributed by atoms with Gasteiger partial charge in [-0.1, -0.05) is 12.1 Å². The molecular formula is C19H24N6. The predicted molar refractivity (Wildman–Crippen MR) is 101 cm³/mol. The van der Waals surface area contributed by atoms with Gasteiger partial charge in [0.1, 0.15) is 0 Å². The Bertz CT molecular complexity index is 757. The summed E-state index contributed by atoms with van der Waals surface area (Å²) in [5.41, 5.74) is 2.22. The first-order valence-corrected chi connectivity index (χ1v) is 8.57. The Balaban J connectivity index is 1.55. The molecule has 0 amide bonds. The van der Waals surface area contributed by atoms with Crippen molar-refractivity contribution in [3.63, 3.8) is 0 Å². The molecule has 0 unspecified atom stereocenters. The van der Waals surface area contributed by atoms with Crippen LogP contribution in [0.5, 0.6) is 0 Å². The molecule has 6 nitrogen and oxygen atoms in total. The van der Waals surface area contributed by atoms with Gasteiger partial charge < -0.3 is 15.2 Å². The van der Waals surface area contributed by atoms with Crippen molar-refractivity contribution >= 4 is 5.96 Å². The number of guanidine groups is 1. The van der Waals surface area contributed by atoms with Crippen molar-refractivity contribution in [2.75, 3.05) is 13.1 Å². The highest BCUT2D eigenvalue weighted by Crippen LogP contribution is 2.09. The van der Waals surface area contributed by atoms with E-state index in [0.717, 1.165) is 31.3 Å². The van der Waals surface area contributed by atoms with Crippen LogP contribution in [0.2, 0.25) is 0 Å². The lowest BCUT2D eigenvalue weighted by Gasteiger charge is -2.12. The lowest BCUT2D eigenvalue weighted by atomic mass is 10.2. The van der Waals surface area contributed by atoms with Crippen LogP contribution in [-0.2, 0) is 13.1 Å². The summed E-state index contributed by atoms with van der Waals surface area (Å²) in [7, 11) is 0. The number of aromatic nitrogens is 3. The predicted octanol–water partition coefficient (Wildman–Crippen LogP) is 2.43. The number of rotatable bonds is 7. The SMILES string of the molecule is CCNC(=NCc1ccc(-n2cccn2)cc1)NCCn1cccc1. The molecule has 3 aromatic rings. The minimum Gasteiger partial charge on any atom is -0.357 e. The van der Waals surface area contributed by atoms with Crippen molar-refractivity contribution < 1.29 is 0 Å². The van der Waals surface area contributed by atoms with Gasteiger partial charge in [-0.2, -0.15) is 5.10 Å². The largest absolute Gasteiger partial charge is 0.357 e. The van der Waals surface area contributed by atoms with Crippen LogP contribution in [0.4, 0.5) is 0 Å². The molecule has 0 aliphatic carbocycles. The number of benzene rings is 1. The average molecular weight is 336 g/mol. The van der Waals surface area contributed by atoms with E-state index in [0.29, 0.717) is 6.54 Å². The fourth-order valence-corrected chi connectivity index (χ4v) is 2.51. The quantitative estimate of drug-likeness (QED) is 0.515. The molecule has 2 N–H and O–H groups in total. The van der Waals surface area contributed by atoms with Gasteiger partial charge in [0.05, 0.1) is 12.2 Å². The highest BCUT2D eigenvalue weighted by Gasteiger charge is 1.99. The van der Waals surface area contributed by atoms with Gasteiger partial charge in [-0.3, -0.25) is 0 Å². The van der Waals surface area contributed by atoms with E-state index in [1.165, 1.54) is 5.56 Å². The maximum atomic E-state index is 4.66. The Morgan fingerprint density at radius 2 is 1.84 bits per heavy atom. The van der Waals surface area contributed by atoms with Crippen LogP contribution in [0.1, 0.15) is 12.5 Å². The molecule has 0 saturated carbocycles. The number of nitrogens with zero attached hydrogens (tertiary/aromatic N) is 4. The van der Waals surface area contributed by atoms with Gasteiger partial charge in [-0.25, -0.2) is 9.67 Å². The summed E-state index contributed by atoms with van der Waals surface area (Å²) < 4.78 is 3.99. The van der Waals surface area contributed by atoms with Crippen molar-refractivity contribution in [3.05, 3.63) is 72.8 Å². The van der Waals surface area contributed by atoms with Gasteiger partial charge in [0, 0.05) is 44.4 Å². The summed E-state index contributed by atoms with van der Waals surface area (Å²) in [6.45, 7) is 5.29. The highest BCUT2D eigenvalue weighted by molar-refractivity contribution is 5.79. The highest BCUT2D eigenvalue weighted by atomic mass is 15.3. The van der Waals surface area contributed by atoms with Crippen molar-refractivity contribution in [1.82, 2.24) is 25.0 Å². The molecular weight excluding hydrogens is 312 g/mol. The fraction of sp³-hybridized carbons (Fsp3) is 0.263. The molecule has 0 bridgehead atoms. The van der Waals surface area contributed by atoms with Crippen LogP contribution in [0.15, 0.2) is 72.2 Å². The number of hydrogen-bond acceptors (Lipinski definition) is 2. The minimum absolute atomic E-state index is 0.637. The molecule has 0 fully saturated rings. The zero-order chi connectivity index (χ0) is 17.3. The topological polar surface area (TPSA) is 59.2 Å². The van der Waals surface area contributed by atoms with Gasteiger partial charge in [0.15, 0.2) is 5.96 Å². The second-order valence-corrected chi connectivity index (χ2v) is 5.66. The second kappa shape index (κ2) is 8.73. The average Bonchev–Trinajstić information content (AvgIpc) is 3.34. The molecule has 0 aliphatic heterocycles. The summed E-state index contributed by atoms with van der Waals surface area (Å²) in [5.74, 6) is 0.839. The monoisotopic (exact) mass is 336 g/mol. The smallest absolute Gasteiger partial charge is 0.191 e. The van der Waals surface area contributed by atoms with Crippen LogP contribution in [0, 0.1) is 0 Å². The molecule has 2 aromatic heterocycles. The molecule has 130 valence electrons. The van der Waals surface area contributed by atoms with Crippen LogP contribution in [0.3, 0.4) is 0 Å². The van der Waals surface area contributed by atoms with Gasteiger partial charge in [-0.15, -0.1) is 0 Å². The first kappa shape index (κ1) is 16.8. The Labute approximate surface area is 148 Å². The van der Waals surface area contributed by atoms with Crippen LogP contribution < -0.4 is 10.6 Å². The summed E-state index contributed by atoms with van der Waals surface area (Å²) in [6.07, 6.45) is 7.84. The van der Waals surface area contributed by atoms with Crippen molar-refractivity contribution in [1.29, 1.82) is 0 Å². The van der Waals surface area contributed by atoms with E-state index in [2.05, 4.69) is 68.9 Å². The first-order valence-electron chi connectivity index (χ1n) is 8.57. The van der Waals surface area contributed by atoms with E-state index >= 15 is 0 Å². The maximum Gasteiger partial charge on any atom is 0.191 e. The fourth-order valence-electron chi connectivity index (χ4n) is 2.51. The zero-order valence-corrected chi connectivity index (χ0v) is 14.5. The van der Waals surface area contributed by atoms with E-state index in [9.17, 15) is 0 Å². The van der Waals surface area contributed by atoms with Crippen molar-refractivity contribution in [2.24, 2.45) is 4.99 Å². The summed E-state index contributed by atoms with van der Waals surface area (Å²) in [6, 6.07) is 14.3. The molecule has 0 spiro atoms. The Morgan fingerprint density at radius 1 is 1.04 bits per heavy atom. The Kier molecular flexibility index (Phi) is 5.87. The van der Waals surface area contributed by atoms with Crippen LogP contribution in [-0.4, -0.2) is 33.4 Å². The molecule has 6 heteroatoms. The third-order valence-corrected chi connectivity index (χ3v) is 3.80. The maximum absolute atomic E-state index is 4.66. The van der Waals surface area contributed by atoms with Gasteiger partial charge in [-0.05, 0) is 42.8 Å². The van der Waals surface area contributed by atoms with Crippen molar-refractivity contribution in [3.8, 4) is 5.69 Å². The normalized spacial score (nSPS) is 11.5. The van der Waals surface area contributed by atoms with Gasteiger partial charge in [0.25, 0.3) is 0 Å². The molecule has 0 radical (unpaired) electrons. The minimum atomic E-state index is 0.637. The van der Waals surface area contributed by atoms with Crippen molar-refractivity contribution in [2.45, 2.75) is 20.0 Å². The van der Waals surface area contributed by atoms with E-state index < -0.39 is 0 Å².